The second-order valence-corrected chi connectivity index (χ2v) is 6.95. The first kappa shape index (κ1) is 15.5. The molecular weight excluding hydrogens is 300 g/mol. The molecule has 0 aromatic carbocycles. The molecule has 2 aliphatic rings. The number of thiophene rings is 1. The lowest BCUT2D eigenvalue weighted by atomic mass is 9.95. The second kappa shape index (κ2) is 6.79. The van der Waals surface area contributed by atoms with Crippen LogP contribution in [0.5, 0.6) is 0 Å². The van der Waals surface area contributed by atoms with Crippen LogP contribution in [0.2, 0.25) is 0 Å². The van der Waals surface area contributed by atoms with Crippen LogP contribution in [0, 0.1) is 0 Å². The summed E-state index contributed by atoms with van der Waals surface area (Å²) >= 11 is 1.56. The molecule has 2 atom stereocenters. The van der Waals surface area contributed by atoms with Crippen molar-refractivity contribution in [1.82, 2.24) is 9.80 Å². The molecule has 120 valence electrons. The highest BCUT2D eigenvalue weighted by atomic mass is 32.1. The molecule has 2 aliphatic heterocycles. The van der Waals surface area contributed by atoms with E-state index in [4.69, 9.17) is 0 Å². The van der Waals surface area contributed by atoms with E-state index in [1.54, 1.807) is 16.2 Å². The van der Waals surface area contributed by atoms with Gasteiger partial charge in [0.15, 0.2) is 0 Å². The Morgan fingerprint density at radius 3 is 2.68 bits per heavy atom. The van der Waals surface area contributed by atoms with Gasteiger partial charge in [-0.05, 0) is 61.2 Å². The molecule has 0 spiro atoms. The van der Waals surface area contributed by atoms with Crippen LogP contribution in [-0.2, 0) is 16.0 Å². The minimum absolute atomic E-state index is 0.0642. The van der Waals surface area contributed by atoms with E-state index in [0.717, 1.165) is 25.1 Å². The van der Waals surface area contributed by atoms with Crippen LogP contribution >= 0.6 is 11.3 Å². The van der Waals surface area contributed by atoms with Gasteiger partial charge in [-0.1, -0.05) is 0 Å². The van der Waals surface area contributed by atoms with Crippen LogP contribution in [-0.4, -0.2) is 58.5 Å². The summed E-state index contributed by atoms with van der Waals surface area (Å²) in [5.41, 5.74) is 0.973. The fraction of sp³-hybridized carbons (Fsp3) is 0.625. The Kier molecular flexibility index (Phi) is 4.78. The van der Waals surface area contributed by atoms with Gasteiger partial charge in [0.25, 0.3) is 0 Å². The maximum Gasteiger partial charge on any atom is 0.326 e. The van der Waals surface area contributed by atoms with Crippen molar-refractivity contribution in [3.05, 3.63) is 22.4 Å². The average molecular weight is 322 g/mol. The summed E-state index contributed by atoms with van der Waals surface area (Å²) in [7, 11) is 0. The van der Waals surface area contributed by atoms with Crippen LogP contribution < -0.4 is 0 Å². The Labute approximate surface area is 134 Å². The number of hydrogen-bond acceptors (Lipinski definition) is 4. The highest BCUT2D eigenvalue weighted by Crippen LogP contribution is 2.26. The zero-order chi connectivity index (χ0) is 15.5. The number of amides is 1. The van der Waals surface area contributed by atoms with Crippen molar-refractivity contribution >= 4 is 23.2 Å². The summed E-state index contributed by atoms with van der Waals surface area (Å²) in [6.07, 6.45) is 4.16. The highest BCUT2D eigenvalue weighted by molar-refractivity contribution is 7.08. The summed E-state index contributed by atoms with van der Waals surface area (Å²) in [5.74, 6) is -0.937. The van der Waals surface area contributed by atoms with Crippen LogP contribution in [0.4, 0.5) is 0 Å². The minimum atomic E-state index is -0.873. The van der Waals surface area contributed by atoms with Gasteiger partial charge >= 0.3 is 5.97 Å². The molecule has 2 fully saturated rings. The molecule has 0 saturated carbocycles. The molecule has 0 unspecified atom stereocenters. The van der Waals surface area contributed by atoms with E-state index in [1.165, 1.54) is 12.8 Å². The van der Waals surface area contributed by atoms with Gasteiger partial charge in [-0.3, -0.25) is 4.79 Å². The Balaban J connectivity index is 1.66. The van der Waals surface area contributed by atoms with E-state index in [-0.39, 0.29) is 5.91 Å². The van der Waals surface area contributed by atoms with Gasteiger partial charge < -0.3 is 14.9 Å². The number of nitrogens with zero attached hydrogens (tertiary/aromatic N) is 2. The minimum Gasteiger partial charge on any atom is -0.480 e. The molecule has 2 saturated heterocycles. The zero-order valence-corrected chi connectivity index (χ0v) is 13.4. The Bertz CT molecular complexity index is 526. The van der Waals surface area contributed by atoms with Crippen molar-refractivity contribution in [2.24, 2.45) is 0 Å². The van der Waals surface area contributed by atoms with Gasteiger partial charge in [-0.2, -0.15) is 11.3 Å². The molecule has 0 radical (unpaired) electrons. The fourth-order valence-corrected chi connectivity index (χ4v) is 4.26. The predicted molar refractivity (Wildman–Crippen MR) is 85.0 cm³/mol. The predicted octanol–water partition coefficient (Wildman–Crippen LogP) is 1.83. The van der Waals surface area contributed by atoms with Crippen molar-refractivity contribution in [1.29, 1.82) is 0 Å². The zero-order valence-electron chi connectivity index (χ0n) is 12.6. The monoisotopic (exact) mass is 322 g/mol. The van der Waals surface area contributed by atoms with E-state index in [9.17, 15) is 14.7 Å². The average Bonchev–Trinajstić information content (AvgIpc) is 3.19. The number of carbonyl (C=O) groups is 2. The number of carbonyl (C=O) groups excluding carboxylic acids is 1. The lowest BCUT2D eigenvalue weighted by Crippen LogP contribution is -2.54. The lowest BCUT2D eigenvalue weighted by molar-refractivity contribution is -0.153. The first-order chi connectivity index (χ1) is 10.6. The van der Waals surface area contributed by atoms with E-state index < -0.39 is 12.0 Å². The molecular formula is C16H22N2O3S. The molecule has 22 heavy (non-hydrogen) atoms. The van der Waals surface area contributed by atoms with Crippen LogP contribution in [0.15, 0.2) is 16.8 Å². The number of rotatable bonds is 4. The van der Waals surface area contributed by atoms with E-state index in [2.05, 4.69) is 4.90 Å². The smallest absolute Gasteiger partial charge is 0.326 e. The van der Waals surface area contributed by atoms with Crippen molar-refractivity contribution in [3.63, 3.8) is 0 Å². The maximum atomic E-state index is 12.5. The SMILES string of the molecule is O=C(O)[C@H]1C[C@H](N2CCCC2)CCN1C(=O)Cc1ccsc1. The number of likely N-dealkylation sites (tertiary alicyclic amines) is 2. The topological polar surface area (TPSA) is 60.9 Å². The number of carboxylic acids is 1. The van der Waals surface area contributed by atoms with Crippen LogP contribution in [0.3, 0.4) is 0 Å². The van der Waals surface area contributed by atoms with Gasteiger partial charge in [0.05, 0.1) is 6.42 Å². The van der Waals surface area contributed by atoms with Gasteiger partial charge in [0.2, 0.25) is 5.91 Å². The maximum absolute atomic E-state index is 12.5. The van der Waals surface area contributed by atoms with E-state index in [1.807, 2.05) is 16.8 Å². The second-order valence-electron chi connectivity index (χ2n) is 6.17. The van der Waals surface area contributed by atoms with E-state index in [0.29, 0.717) is 25.4 Å². The number of hydrogen-bond donors (Lipinski definition) is 1. The Morgan fingerprint density at radius 1 is 1.27 bits per heavy atom. The Morgan fingerprint density at radius 2 is 2.05 bits per heavy atom. The van der Waals surface area contributed by atoms with Crippen molar-refractivity contribution < 1.29 is 14.7 Å². The molecule has 3 rings (SSSR count). The quantitative estimate of drug-likeness (QED) is 0.919. The molecule has 1 aromatic heterocycles. The summed E-state index contributed by atoms with van der Waals surface area (Å²) < 4.78 is 0. The summed E-state index contributed by atoms with van der Waals surface area (Å²) in [6.45, 7) is 2.70. The van der Waals surface area contributed by atoms with Crippen LogP contribution in [0.25, 0.3) is 0 Å². The fourth-order valence-electron chi connectivity index (χ4n) is 3.59. The Hall–Kier alpha value is -1.40. The summed E-state index contributed by atoms with van der Waals surface area (Å²) in [4.78, 5) is 28.1. The van der Waals surface area contributed by atoms with Crippen LogP contribution in [0.1, 0.15) is 31.2 Å². The van der Waals surface area contributed by atoms with Crippen molar-refractivity contribution in [3.8, 4) is 0 Å². The number of piperidine rings is 1. The third-order valence-corrected chi connectivity index (χ3v) is 5.50. The summed E-state index contributed by atoms with van der Waals surface area (Å²) in [6, 6.07) is 1.56. The van der Waals surface area contributed by atoms with E-state index >= 15 is 0 Å². The molecule has 5 nitrogen and oxygen atoms in total. The van der Waals surface area contributed by atoms with Gasteiger partial charge in [-0.15, -0.1) is 0 Å². The molecule has 1 aromatic rings. The summed E-state index contributed by atoms with van der Waals surface area (Å²) in [5, 5.41) is 13.4. The van der Waals surface area contributed by atoms with Crippen molar-refractivity contribution in [2.75, 3.05) is 19.6 Å². The molecule has 1 amide bonds. The van der Waals surface area contributed by atoms with Gasteiger partial charge in [0.1, 0.15) is 6.04 Å². The van der Waals surface area contributed by atoms with Gasteiger partial charge in [-0.25, -0.2) is 4.79 Å². The largest absolute Gasteiger partial charge is 0.480 e. The highest BCUT2D eigenvalue weighted by Gasteiger charge is 2.38. The molecule has 6 heteroatoms. The number of carboxylic acid groups (broad SMARTS) is 1. The normalized spacial score (nSPS) is 26.3. The third kappa shape index (κ3) is 3.33. The molecule has 3 heterocycles. The third-order valence-electron chi connectivity index (χ3n) is 4.77. The van der Waals surface area contributed by atoms with Crippen molar-refractivity contribution in [2.45, 2.75) is 44.2 Å². The van der Waals surface area contributed by atoms with Gasteiger partial charge in [0, 0.05) is 12.6 Å². The number of aliphatic carboxylic acids is 1. The standard InChI is InChI=1S/C16H22N2O3S/c19-15(9-12-4-8-22-11-12)18-7-3-13(10-14(18)16(20)21)17-5-1-2-6-17/h4,8,11,13-14H,1-3,5-7,9-10H2,(H,20,21)/t13-,14-/m1/s1. The molecule has 0 aliphatic carbocycles. The first-order valence-corrected chi connectivity index (χ1v) is 8.87. The molecule has 0 bridgehead atoms. The first-order valence-electron chi connectivity index (χ1n) is 7.92. The molecule has 1 N–H and O–H groups in total. The lowest BCUT2D eigenvalue weighted by Gasteiger charge is -2.40.